The molecule has 0 saturated carbocycles. The minimum Gasteiger partial charge on any atom is -0.370 e. The third-order valence-corrected chi connectivity index (χ3v) is 4.48. The van der Waals surface area contributed by atoms with E-state index >= 15 is 0 Å². The lowest BCUT2D eigenvalue weighted by molar-refractivity contribution is -0.118. The predicted molar refractivity (Wildman–Crippen MR) is 88.0 cm³/mol. The molecule has 0 aliphatic carbocycles. The van der Waals surface area contributed by atoms with Crippen LogP contribution >= 0.6 is 11.6 Å². The van der Waals surface area contributed by atoms with E-state index in [1.807, 2.05) is 0 Å². The van der Waals surface area contributed by atoms with Gasteiger partial charge in [0.25, 0.3) is 0 Å². The van der Waals surface area contributed by atoms with Gasteiger partial charge in [0.15, 0.2) is 5.78 Å². The molecule has 2 N–H and O–H groups in total. The number of Topliss-reactive ketones (excluding diaryl/α,β-unsaturated/α-hetero) is 1. The first-order valence-corrected chi connectivity index (χ1v) is 8.22. The van der Waals surface area contributed by atoms with Crippen molar-refractivity contribution < 1.29 is 9.59 Å². The zero-order valence-corrected chi connectivity index (χ0v) is 13.5. The fraction of sp³-hybridized carbons (Fsp3) is 0.529. The first-order chi connectivity index (χ1) is 10.5. The molecule has 1 aromatic carbocycles. The lowest BCUT2D eigenvalue weighted by Gasteiger charge is -2.32. The Morgan fingerprint density at radius 1 is 1.23 bits per heavy atom. The minimum absolute atomic E-state index is 0.149. The Bertz CT molecular complexity index is 516. The molecule has 1 amide bonds. The summed E-state index contributed by atoms with van der Waals surface area (Å²) in [6.07, 6.45) is 4.11. The molecule has 1 unspecified atom stereocenters. The SMILES string of the molecule is NC(=O)CCC1CCCN(CCC(=O)c2ccc(Cl)cc2)C1. The Labute approximate surface area is 136 Å². The molecule has 1 saturated heterocycles. The van der Waals surface area contributed by atoms with Gasteiger partial charge in [-0.15, -0.1) is 0 Å². The summed E-state index contributed by atoms with van der Waals surface area (Å²) in [5.74, 6) is 0.442. The lowest BCUT2D eigenvalue weighted by Crippen LogP contribution is -2.37. The van der Waals surface area contributed by atoms with Crippen LogP contribution in [0.4, 0.5) is 0 Å². The standard InChI is InChI=1S/C17H23ClN2O2/c18-15-6-4-14(5-7-15)16(21)9-11-20-10-1-2-13(12-20)3-8-17(19)22/h4-7,13H,1-3,8-12H2,(H2,19,22). The van der Waals surface area contributed by atoms with E-state index in [1.165, 1.54) is 0 Å². The second kappa shape index (κ2) is 8.30. The van der Waals surface area contributed by atoms with Gasteiger partial charge in [-0.25, -0.2) is 0 Å². The summed E-state index contributed by atoms with van der Waals surface area (Å²) in [4.78, 5) is 25.4. The quantitative estimate of drug-likeness (QED) is 0.785. The molecular formula is C17H23ClN2O2. The summed E-state index contributed by atoms with van der Waals surface area (Å²) in [6, 6.07) is 7.04. The van der Waals surface area contributed by atoms with Crippen LogP contribution in [0.15, 0.2) is 24.3 Å². The molecular weight excluding hydrogens is 300 g/mol. The minimum atomic E-state index is -0.227. The number of piperidine rings is 1. The largest absolute Gasteiger partial charge is 0.370 e. The maximum absolute atomic E-state index is 12.2. The highest BCUT2D eigenvalue weighted by molar-refractivity contribution is 6.30. The fourth-order valence-corrected chi connectivity index (χ4v) is 3.10. The van der Waals surface area contributed by atoms with Gasteiger partial charge in [-0.05, 0) is 56.0 Å². The zero-order valence-electron chi connectivity index (χ0n) is 12.8. The van der Waals surface area contributed by atoms with Gasteiger partial charge < -0.3 is 10.6 Å². The van der Waals surface area contributed by atoms with Gasteiger partial charge in [0.1, 0.15) is 0 Å². The zero-order chi connectivity index (χ0) is 15.9. The Hall–Kier alpha value is -1.39. The van der Waals surface area contributed by atoms with E-state index in [0.717, 1.165) is 38.9 Å². The number of benzene rings is 1. The van der Waals surface area contributed by atoms with Gasteiger partial charge in [0.05, 0.1) is 0 Å². The van der Waals surface area contributed by atoms with Gasteiger partial charge in [-0.3, -0.25) is 9.59 Å². The molecule has 0 aromatic heterocycles. The Balaban J connectivity index is 1.77. The number of likely N-dealkylation sites (tertiary alicyclic amines) is 1. The van der Waals surface area contributed by atoms with E-state index in [9.17, 15) is 9.59 Å². The van der Waals surface area contributed by atoms with E-state index in [2.05, 4.69) is 4.90 Å². The van der Waals surface area contributed by atoms with Gasteiger partial charge in [0.2, 0.25) is 5.91 Å². The van der Waals surface area contributed by atoms with E-state index in [0.29, 0.717) is 29.3 Å². The molecule has 1 atom stereocenters. The first kappa shape index (κ1) is 17.0. The number of nitrogens with two attached hydrogens (primary N) is 1. The van der Waals surface area contributed by atoms with Crippen LogP contribution in [0.1, 0.15) is 42.5 Å². The fourth-order valence-electron chi connectivity index (χ4n) is 2.98. The number of halogens is 1. The van der Waals surface area contributed by atoms with Crippen LogP contribution < -0.4 is 5.73 Å². The Morgan fingerprint density at radius 3 is 2.64 bits per heavy atom. The number of amides is 1. The first-order valence-electron chi connectivity index (χ1n) is 7.84. The molecule has 1 heterocycles. The molecule has 1 aliphatic heterocycles. The number of hydrogen-bond acceptors (Lipinski definition) is 3. The topological polar surface area (TPSA) is 63.4 Å². The molecule has 1 aliphatic rings. The number of ketones is 1. The van der Waals surface area contributed by atoms with Gasteiger partial charge >= 0.3 is 0 Å². The average Bonchev–Trinajstić information content (AvgIpc) is 2.52. The van der Waals surface area contributed by atoms with Crippen molar-refractivity contribution in [3.8, 4) is 0 Å². The molecule has 0 bridgehead atoms. The number of nitrogens with zero attached hydrogens (tertiary/aromatic N) is 1. The summed E-state index contributed by atoms with van der Waals surface area (Å²) in [5, 5.41) is 0.643. The highest BCUT2D eigenvalue weighted by Crippen LogP contribution is 2.21. The number of carbonyl (C=O) groups excluding carboxylic acids is 2. The van der Waals surface area contributed by atoms with Gasteiger partial charge in [-0.2, -0.15) is 0 Å². The second-order valence-corrected chi connectivity index (χ2v) is 6.43. The maximum atomic E-state index is 12.2. The highest BCUT2D eigenvalue weighted by Gasteiger charge is 2.20. The van der Waals surface area contributed by atoms with Gasteiger partial charge in [0, 0.05) is 36.5 Å². The lowest BCUT2D eigenvalue weighted by atomic mass is 9.93. The smallest absolute Gasteiger partial charge is 0.217 e. The van der Waals surface area contributed by atoms with Crippen LogP contribution in [0.3, 0.4) is 0 Å². The molecule has 0 spiro atoms. The molecule has 1 fully saturated rings. The number of hydrogen-bond donors (Lipinski definition) is 1. The van der Waals surface area contributed by atoms with E-state index in [4.69, 9.17) is 17.3 Å². The van der Waals surface area contributed by atoms with Crippen molar-refractivity contribution in [1.82, 2.24) is 4.90 Å². The molecule has 120 valence electrons. The van der Waals surface area contributed by atoms with Crippen molar-refractivity contribution in [2.45, 2.75) is 32.1 Å². The summed E-state index contributed by atoms with van der Waals surface area (Å²) in [6.45, 7) is 2.76. The average molecular weight is 323 g/mol. The van der Waals surface area contributed by atoms with Crippen LogP contribution in [0.5, 0.6) is 0 Å². The number of carbonyl (C=O) groups is 2. The van der Waals surface area contributed by atoms with Crippen LogP contribution in [0.2, 0.25) is 5.02 Å². The molecule has 2 rings (SSSR count). The van der Waals surface area contributed by atoms with Crippen molar-refractivity contribution in [3.63, 3.8) is 0 Å². The van der Waals surface area contributed by atoms with E-state index < -0.39 is 0 Å². The molecule has 1 aromatic rings. The summed E-state index contributed by atoms with van der Waals surface area (Å²) < 4.78 is 0. The van der Waals surface area contributed by atoms with Crippen molar-refractivity contribution in [1.29, 1.82) is 0 Å². The maximum Gasteiger partial charge on any atom is 0.217 e. The number of primary amides is 1. The highest BCUT2D eigenvalue weighted by atomic mass is 35.5. The van der Waals surface area contributed by atoms with Crippen molar-refractivity contribution in [2.24, 2.45) is 11.7 Å². The van der Waals surface area contributed by atoms with Crippen molar-refractivity contribution in [2.75, 3.05) is 19.6 Å². The van der Waals surface area contributed by atoms with Crippen LogP contribution in [-0.2, 0) is 4.79 Å². The predicted octanol–water partition coefficient (Wildman–Crippen LogP) is 2.89. The third-order valence-electron chi connectivity index (χ3n) is 4.22. The summed E-state index contributed by atoms with van der Waals surface area (Å²) >= 11 is 5.83. The van der Waals surface area contributed by atoms with Crippen molar-refractivity contribution >= 4 is 23.3 Å². The number of rotatable bonds is 7. The van der Waals surface area contributed by atoms with Crippen LogP contribution in [0.25, 0.3) is 0 Å². The molecule has 22 heavy (non-hydrogen) atoms. The Morgan fingerprint density at radius 2 is 1.95 bits per heavy atom. The van der Waals surface area contributed by atoms with E-state index in [1.54, 1.807) is 24.3 Å². The monoisotopic (exact) mass is 322 g/mol. The summed E-state index contributed by atoms with van der Waals surface area (Å²) in [5.41, 5.74) is 5.93. The van der Waals surface area contributed by atoms with E-state index in [-0.39, 0.29) is 11.7 Å². The molecule has 0 radical (unpaired) electrons. The van der Waals surface area contributed by atoms with Crippen molar-refractivity contribution in [3.05, 3.63) is 34.9 Å². The summed E-state index contributed by atoms with van der Waals surface area (Å²) in [7, 11) is 0. The van der Waals surface area contributed by atoms with Gasteiger partial charge in [-0.1, -0.05) is 11.6 Å². The molecule has 5 heteroatoms. The normalized spacial score (nSPS) is 19.0. The Kier molecular flexibility index (Phi) is 6.40. The second-order valence-electron chi connectivity index (χ2n) is 5.99. The third kappa shape index (κ3) is 5.43. The van der Waals surface area contributed by atoms with Crippen LogP contribution in [-0.4, -0.2) is 36.2 Å². The molecule has 4 nitrogen and oxygen atoms in total. The van der Waals surface area contributed by atoms with Crippen LogP contribution in [0, 0.1) is 5.92 Å².